The molecule has 1 heterocycles. The van der Waals surface area contributed by atoms with Crippen LogP contribution in [0.2, 0.25) is 0 Å². The molecule has 0 saturated heterocycles. The molecule has 1 aromatic carbocycles. The Hall–Kier alpha value is -2.07. The lowest BCUT2D eigenvalue weighted by Gasteiger charge is -2.16. The summed E-state index contributed by atoms with van der Waals surface area (Å²) in [6.45, 7) is 3.62. The largest absolute Gasteiger partial charge is 0.480 e. The van der Waals surface area contributed by atoms with Gasteiger partial charge in [-0.15, -0.1) is 0 Å². The predicted octanol–water partition coefficient (Wildman–Crippen LogP) is 2.81. The highest BCUT2D eigenvalue weighted by atomic mass is 16.4. The van der Waals surface area contributed by atoms with Gasteiger partial charge in [0.15, 0.2) is 0 Å². The number of carboxylic acid groups (broad SMARTS) is 1. The van der Waals surface area contributed by atoms with Gasteiger partial charge in [0.25, 0.3) is 0 Å². The number of hydrogen-bond donors (Lipinski definition) is 2. The highest BCUT2D eigenvalue weighted by Gasteiger charge is 2.19. The first-order valence-corrected chi connectivity index (χ1v) is 6.87. The summed E-state index contributed by atoms with van der Waals surface area (Å²) in [6.07, 6.45) is 3.08. The molecular formula is C16H20N2O2. The summed E-state index contributed by atoms with van der Waals surface area (Å²) < 4.78 is 2.15. The molecule has 1 unspecified atom stereocenters. The number of aryl methyl sites for hydroxylation is 1. The molecule has 1 aromatic heterocycles. The zero-order chi connectivity index (χ0) is 14.4. The maximum Gasteiger partial charge on any atom is 0.325 e. The maximum atomic E-state index is 11.4. The van der Waals surface area contributed by atoms with Crippen LogP contribution in [0.3, 0.4) is 0 Å². The number of carbonyl (C=O) groups is 1. The van der Waals surface area contributed by atoms with E-state index in [1.165, 1.54) is 0 Å². The van der Waals surface area contributed by atoms with E-state index < -0.39 is 12.0 Å². The molecule has 2 aromatic rings. The Labute approximate surface area is 119 Å². The molecule has 0 aliphatic rings. The first-order valence-electron chi connectivity index (χ1n) is 6.87. The van der Waals surface area contributed by atoms with Crippen LogP contribution < -0.4 is 5.32 Å². The Kier molecular flexibility index (Phi) is 4.96. The van der Waals surface area contributed by atoms with Gasteiger partial charge in [0.05, 0.1) is 0 Å². The SMILES string of the molecule is CCCn1cccc1CNC(C(=O)O)c1ccccc1. The Bertz CT molecular complexity index is 549. The van der Waals surface area contributed by atoms with E-state index in [0.29, 0.717) is 6.54 Å². The fourth-order valence-corrected chi connectivity index (χ4v) is 2.27. The van der Waals surface area contributed by atoms with Crippen molar-refractivity contribution in [2.75, 3.05) is 0 Å². The van der Waals surface area contributed by atoms with Crippen LogP contribution in [0.4, 0.5) is 0 Å². The number of benzene rings is 1. The molecule has 4 nitrogen and oxygen atoms in total. The Balaban J connectivity index is 2.06. The van der Waals surface area contributed by atoms with Crippen molar-refractivity contribution < 1.29 is 9.90 Å². The van der Waals surface area contributed by atoms with E-state index in [9.17, 15) is 9.90 Å². The second-order valence-corrected chi connectivity index (χ2v) is 4.76. The molecular weight excluding hydrogens is 252 g/mol. The highest BCUT2D eigenvalue weighted by Crippen LogP contribution is 2.14. The summed E-state index contributed by atoms with van der Waals surface area (Å²) in [7, 11) is 0. The smallest absolute Gasteiger partial charge is 0.325 e. The van der Waals surface area contributed by atoms with Crippen molar-refractivity contribution in [3.63, 3.8) is 0 Å². The summed E-state index contributed by atoms with van der Waals surface area (Å²) in [4.78, 5) is 11.4. The Morgan fingerprint density at radius 3 is 2.65 bits per heavy atom. The first kappa shape index (κ1) is 14.3. The molecule has 0 saturated carbocycles. The Morgan fingerprint density at radius 2 is 2.00 bits per heavy atom. The lowest BCUT2D eigenvalue weighted by atomic mass is 10.1. The van der Waals surface area contributed by atoms with E-state index in [4.69, 9.17) is 0 Å². The molecule has 106 valence electrons. The van der Waals surface area contributed by atoms with Gasteiger partial charge in [-0.3, -0.25) is 10.1 Å². The first-order chi connectivity index (χ1) is 9.72. The molecule has 0 amide bonds. The summed E-state index contributed by atoms with van der Waals surface area (Å²) in [5.74, 6) is -0.857. The summed E-state index contributed by atoms with van der Waals surface area (Å²) >= 11 is 0. The van der Waals surface area contributed by atoms with Gasteiger partial charge in [0, 0.05) is 25.0 Å². The molecule has 0 aliphatic heterocycles. The van der Waals surface area contributed by atoms with Gasteiger partial charge in [0.1, 0.15) is 6.04 Å². The zero-order valence-electron chi connectivity index (χ0n) is 11.6. The van der Waals surface area contributed by atoms with Crippen molar-refractivity contribution in [1.82, 2.24) is 9.88 Å². The van der Waals surface area contributed by atoms with Crippen molar-refractivity contribution in [2.24, 2.45) is 0 Å². The zero-order valence-corrected chi connectivity index (χ0v) is 11.6. The fourth-order valence-electron chi connectivity index (χ4n) is 2.27. The van der Waals surface area contributed by atoms with Crippen LogP contribution in [0.5, 0.6) is 0 Å². The van der Waals surface area contributed by atoms with E-state index in [-0.39, 0.29) is 0 Å². The highest BCUT2D eigenvalue weighted by molar-refractivity contribution is 5.75. The molecule has 0 aliphatic carbocycles. The van der Waals surface area contributed by atoms with Crippen LogP contribution >= 0.6 is 0 Å². The average molecular weight is 272 g/mol. The van der Waals surface area contributed by atoms with Crippen molar-refractivity contribution in [1.29, 1.82) is 0 Å². The molecule has 0 bridgehead atoms. The van der Waals surface area contributed by atoms with Crippen molar-refractivity contribution in [3.05, 3.63) is 59.9 Å². The third kappa shape index (κ3) is 3.48. The molecule has 2 N–H and O–H groups in total. The predicted molar refractivity (Wildman–Crippen MR) is 78.4 cm³/mol. The van der Waals surface area contributed by atoms with Gasteiger partial charge in [-0.05, 0) is 24.1 Å². The van der Waals surface area contributed by atoms with Gasteiger partial charge < -0.3 is 9.67 Å². The van der Waals surface area contributed by atoms with E-state index in [0.717, 1.165) is 24.2 Å². The monoisotopic (exact) mass is 272 g/mol. The average Bonchev–Trinajstić information content (AvgIpc) is 2.88. The summed E-state index contributed by atoms with van der Waals surface area (Å²) in [6, 6.07) is 12.6. The van der Waals surface area contributed by atoms with E-state index >= 15 is 0 Å². The number of rotatable bonds is 7. The van der Waals surface area contributed by atoms with Crippen LogP contribution in [0.25, 0.3) is 0 Å². The molecule has 20 heavy (non-hydrogen) atoms. The van der Waals surface area contributed by atoms with Gasteiger partial charge in [-0.2, -0.15) is 0 Å². The standard InChI is InChI=1S/C16H20N2O2/c1-2-10-18-11-6-9-14(18)12-17-15(16(19)20)13-7-4-3-5-8-13/h3-9,11,15,17H,2,10,12H2,1H3,(H,19,20). The van der Waals surface area contributed by atoms with E-state index in [1.54, 1.807) is 0 Å². The quantitative estimate of drug-likeness (QED) is 0.815. The van der Waals surface area contributed by atoms with E-state index in [1.807, 2.05) is 48.7 Å². The topological polar surface area (TPSA) is 54.3 Å². The third-order valence-electron chi connectivity index (χ3n) is 3.26. The third-order valence-corrected chi connectivity index (χ3v) is 3.26. The molecule has 0 radical (unpaired) electrons. The molecule has 4 heteroatoms. The van der Waals surface area contributed by atoms with Crippen LogP contribution in [0.15, 0.2) is 48.7 Å². The molecule has 2 rings (SSSR count). The Morgan fingerprint density at radius 1 is 1.25 bits per heavy atom. The van der Waals surface area contributed by atoms with Gasteiger partial charge in [0.2, 0.25) is 0 Å². The number of aromatic nitrogens is 1. The van der Waals surface area contributed by atoms with Crippen LogP contribution in [-0.4, -0.2) is 15.6 Å². The second kappa shape index (κ2) is 6.91. The summed E-state index contributed by atoms with van der Waals surface area (Å²) in [5.41, 5.74) is 1.88. The number of aliphatic carboxylic acids is 1. The van der Waals surface area contributed by atoms with Crippen molar-refractivity contribution in [2.45, 2.75) is 32.5 Å². The number of carboxylic acids is 1. The number of hydrogen-bond acceptors (Lipinski definition) is 2. The normalized spacial score (nSPS) is 12.2. The molecule has 1 atom stereocenters. The minimum atomic E-state index is -0.857. The molecule has 0 fully saturated rings. The van der Waals surface area contributed by atoms with Gasteiger partial charge in [-0.25, -0.2) is 0 Å². The maximum absolute atomic E-state index is 11.4. The number of nitrogens with zero attached hydrogens (tertiary/aromatic N) is 1. The minimum absolute atomic E-state index is 0.541. The lowest BCUT2D eigenvalue weighted by Crippen LogP contribution is -2.28. The minimum Gasteiger partial charge on any atom is -0.480 e. The van der Waals surface area contributed by atoms with Gasteiger partial charge >= 0.3 is 5.97 Å². The fraction of sp³-hybridized carbons (Fsp3) is 0.312. The second-order valence-electron chi connectivity index (χ2n) is 4.76. The lowest BCUT2D eigenvalue weighted by molar-refractivity contribution is -0.139. The number of nitrogens with one attached hydrogen (secondary N) is 1. The van der Waals surface area contributed by atoms with Crippen LogP contribution in [-0.2, 0) is 17.9 Å². The van der Waals surface area contributed by atoms with Crippen molar-refractivity contribution >= 4 is 5.97 Å². The van der Waals surface area contributed by atoms with E-state index in [2.05, 4.69) is 16.8 Å². The van der Waals surface area contributed by atoms with Crippen LogP contribution in [0.1, 0.15) is 30.6 Å². The molecule has 0 spiro atoms. The summed E-state index contributed by atoms with van der Waals surface area (Å²) in [5, 5.41) is 12.5. The van der Waals surface area contributed by atoms with Crippen molar-refractivity contribution in [3.8, 4) is 0 Å². The van der Waals surface area contributed by atoms with Gasteiger partial charge in [-0.1, -0.05) is 37.3 Å². The van der Waals surface area contributed by atoms with Crippen LogP contribution in [0, 0.1) is 0 Å².